The van der Waals surface area contributed by atoms with Crippen LogP contribution in [0.15, 0.2) is 18.2 Å². The van der Waals surface area contributed by atoms with Gasteiger partial charge < -0.3 is 10.4 Å². The van der Waals surface area contributed by atoms with Crippen molar-refractivity contribution < 1.29 is 18.7 Å². The van der Waals surface area contributed by atoms with Gasteiger partial charge in [0.05, 0.1) is 12.6 Å². The van der Waals surface area contributed by atoms with Crippen LogP contribution in [0.4, 0.5) is 8.78 Å². The standard InChI is InChI=1S/C16H22F2N2O2/c1-11-6-8-20(9-15(11)21)10-16(22)19-7-5-12-13(17)3-2-4-14(12)18/h2-4,11,15,21H,5-10H2,1H3,(H,19,22). The Bertz CT molecular complexity index is 505. The lowest BCUT2D eigenvalue weighted by atomic mass is 9.96. The number of nitrogens with one attached hydrogen (secondary N) is 1. The molecule has 1 aliphatic rings. The van der Waals surface area contributed by atoms with E-state index in [0.717, 1.165) is 13.0 Å². The van der Waals surface area contributed by atoms with E-state index in [2.05, 4.69) is 5.32 Å². The van der Waals surface area contributed by atoms with Gasteiger partial charge in [0.2, 0.25) is 5.91 Å². The second-order valence-electron chi connectivity index (χ2n) is 5.87. The van der Waals surface area contributed by atoms with Crippen molar-refractivity contribution in [1.82, 2.24) is 10.2 Å². The summed E-state index contributed by atoms with van der Waals surface area (Å²) in [5.41, 5.74) is -0.00924. The summed E-state index contributed by atoms with van der Waals surface area (Å²) in [5, 5.41) is 12.5. The number of aliphatic hydroxyl groups is 1. The Kier molecular flexibility index (Phi) is 5.85. The van der Waals surface area contributed by atoms with Gasteiger partial charge in [0.15, 0.2) is 0 Å². The van der Waals surface area contributed by atoms with Crippen molar-refractivity contribution in [3.8, 4) is 0 Å². The molecule has 2 unspecified atom stereocenters. The molecule has 0 spiro atoms. The molecule has 2 N–H and O–H groups in total. The highest BCUT2D eigenvalue weighted by Crippen LogP contribution is 2.16. The van der Waals surface area contributed by atoms with E-state index < -0.39 is 17.7 Å². The molecule has 4 nitrogen and oxygen atoms in total. The molecule has 0 radical (unpaired) electrons. The number of aliphatic hydroxyl groups excluding tert-OH is 1. The van der Waals surface area contributed by atoms with Crippen molar-refractivity contribution in [2.24, 2.45) is 5.92 Å². The SMILES string of the molecule is CC1CCN(CC(=O)NCCc2c(F)cccc2F)CC1O. The van der Waals surface area contributed by atoms with E-state index in [9.17, 15) is 18.7 Å². The predicted octanol–water partition coefficient (Wildman–Crippen LogP) is 1.33. The lowest BCUT2D eigenvalue weighted by Crippen LogP contribution is -2.47. The lowest BCUT2D eigenvalue weighted by Gasteiger charge is -2.33. The van der Waals surface area contributed by atoms with Gasteiger partial charge in [-0.1, -0.05) is 13.0 Å². The molecule has 1 heterocycles. The molecule has 2 atom stereocenters. The third kappa shape index (κ3) is 4.48. The van der Waals surface area contributed by atoms with Crippen LogP contribution in [0.2, 0.25) is 0 Å². The van der Waals surface area contributed by atoms with Gasteiger partial charge in [0, 0.05) is 18.7 Å². The summed E-state index contributed by atoms with van der Waals surface area (Å²) in [6.45, 7) is 3.63. The molecular formula is C16H22F2N2O2. The summed E-state index contributed by atoms with van der Waals surface area (Å²) < 4.78 is 26.9. The molecule has 6 heteroatoms. The average Bonchev–Trinajstić information content (AvgIpc) is 2.46. The highest BCUT2D eigenvalue weighted by molar-refractivity contribution is 5.78. The number of carbonyl (C=O) groups is 1. The predicted molar refractivity (Wildman–Crippen MR) is 79.3 cm³/mol. The van der Waals surface area contributed by atoms with Crippen molar-refractivity contribution in [3.05, 3.63) is 35.4 Å². The van der Waals surface area contributed by atoms with Gasteiger partial charge in [0.25, 0.3) is 0 Å². The van der Waals surface area contributed by atoms with Gasteiger partial charge in [-0.2, -0.15) is 0 Å². The molecule has 2 rings (SSSR count). The number of rotatable bonds is 5. The number of benzene rings is 1. The monoisotopic (exact) mass is 312 g/mol. The van der Waals surface area contributed by atoms with Crippen LogP contribution in [0.1, 0.15) is 18.9 Å². The molecule has 0 bridgehead atoms. The smallest absolute Gasteiger partial charge is 0.234 e. The van der Waals surface area contributed by atoms with E-state index in [1.54, 1.807) is 0 Å². The second kappa shape index (κ2) is 7.65. The van der Waals surface area contributed by atoms with Gasteiger partial charge in [-0.3, -0.25) is 9.69 Å². The second-order valence-corrected chi connectivity index (χ2v) is 5.87. The Hall–Kier alpha value is -1.53. The third-order valence-corrected chi connectivity index (χ3v) is 4.13. The van der Waals surface area contributed by atoms with Crippen LogP contribution in [-0.2, 0) is 11.2 Å². The fourth-order valence-electron chi connectivity index (χ4n) is 2.62. The molecule has 1 aromatic carbocycles. The van der Waals surface area contributed by atoms with E-state index in [4.69, 9.17) is 0 Å². The van der Waals surface area contributed by atoms with Gasteiger partial charge in [-0.05, 0) is 37.4 Å². The van der Waals surface area contributed by atoms with Crippen LogP contribution in [0.25, 0.3) is 0 Å². The quantitative estimate of drug-likeness (QED) is 0.862. The molecule has 1 aromatic rings. The maximum Gasteiger partial charge on any atom is 0.234 e. The van der Waals surface area contributed by atoms with Gasteiger partial charge in [-0.25, -0.2) is 8.78 Å². The van der Waals surface area contributed by atoms with E-state index >= 15 is 0 Å². The molecular weight excluding hydrogens is 290 g/mol. The summed E-state index contributed by atoms with van der Waals surface area (Å²) in [6.07, 6.45) is 0.563. The zero-order chi connectivity index (χ0) is 16.1. The molecule has 1 fully saturated rings. The summed E-state index contributed by atoms with van der Waals surface area (Å²) in [5.74, 6) is -1.13. The minimum atomic E-state index is -0.595. The first-order valence-electron chi connectivity index (χ1n) is 7.57. The molecule has 1 saturated heterocycles. The Balaban J connectivity index is 1.74. The minimum Gasteiger partial charge on any atom is -0.392 e. The fraction of sp³-hybridized carbons (Fsp3) is 0.562. The Morgan fingerprint density at radius 2 is 2.09 bits per heavy atom. The third-order valence-electron chi connectivity index (χ3n) is 4.13. The van der Waals surface area contributed by atoms with Crippen molar-refractivity contribution >= 4 is 5.91 Å². The van der Waals surface area contributed by atoms with E-state index in [1.165, 1.54) is 18.2 Å². The van der Waals surface area contributed by atoms with Crippen LogP contribution >= 0.6 is 0 Å². The molecule has 0 aromatic heterocycles. The molecule has 1 amide bonds. The topological polar surface area (TPSA) is 52.6 Å². The number of hydrogen-bond donors (Lipinski definition) is 2. The number of β-amino-alcohol motifs (C(OH)–C–C–N with tert-alkyl or cyclic N) is 1. The maximum atomic E-state index is 13.4. The van der Waals surface area contributed by atoms with Crippen LogP contribution in [0.3, 0.4) is 0 Å². The minimum absolute atomic E-state index is 0.00924. The fourth-order valence-corrected chi connectivity index (χ4v) is 2.62. The number of amides is 1. The largest absolute Gasteiger partial charge is 0.392 e. The number of carbonyl (C=O) groups excluding carboxylic acids is 1. The Morgan fingerprint density at radius 3 is 2.73 bits per heavy atom. The summed E-state index contributed by atoms with van der Waals surface area (Å²) in [7, 11) is 0. The van der Waals surface area contributed by atoms with Crippen LogP contribution in [-0.4, -0.2) is 48.2 Å². The summed E-state index contributed by atoms with van der Waals surface area (Å²) >= 11 is 0. The molecule has 1 aliphatic heterocycles. The van der Waals surface area contributed by atoms with Gasteiger partial charge in [-0.15, -0.1) is 0 Å². The van der Waals surface area contributed by atoms with E-state index in [-0.39, 0.29) is 36.9 Å². The summed E-state index contributed by atoms with van der Waals surface area (Å²) in [6, 6.07) is 3.72. The first-order valence-corrected chi connectivity index (χ1v) is 7.57. The summed E-state index contributed by atoms with van der Waals surface area (Å²) in [4.78, 5) is 13.7. The van der Waals surface area contributed by atoms with Crippen molar-refractivity contribution in [1.29, 1.82) is 0 Å². The number of likely N-dealkylation sites (tertiary alicyclic amines) is 1. The van der Waals surface area contributed by atoms with E-state index in [1.807, 2.05) is 11.8 Å². The Morgan fingerprint density at radius 1 is 1.41 bits per heavy atom. The van der Waals surface area contributed by atoms with Crippen LogP contribution in [0.5, 0.6) is 0 Å². The Labute approximate surface area is 129 Å². The van der Waals surface area contributed by atoms with Gasteiger partial charge in [0.1, 0.15) is 11.6 Å². The van der Waals surface area contributed by atoms with Crippen LogP contribution < -0.4 is 5.32 Å². The van der Waals surface area contributed by atoms with Crippen molar-refractivity contribution in [2.75, 3.05) is 26.2 Å². The number of hydrogen-bond acceptors (Lipinski definition) is 3. The zero-order valence-electron chi connectivity index (χ0n) is 12.7. The molecule has 0 aliphatic carbocycles. The van der Waals surface area contributed by atoms with Crippen LogP contribution in [0, 0.1) is 17.6 Å². The van der Waals surface area contributed by atoms with Crippen molar-refractivity contribution in [2.45, 2.75) is 25.9 Å². The lowest BCUT2D eigenvalue weighted by molar-refractivity contribution is -0.123. The molecule has 0 saturated carbocycles. The number of nitrogens with zero attached hydrogens (tertiary/aromatic N) is 1. The zero-order valence-corrected chi connectivity index (χ0v) is 12.7. The normalized spacial score (nSPS) is 22.5. The van der Waals surface area contributed by atoms with Gasteiger partial charge >= 0.3 is 0 Å². The molecule has 22 heavy (non-hydrogen) atoms. The maximum absolute atomic E-state index is 13.4. The molecule has 122 valence electrons. The van der Waals surface area contributed by atoms with Crippen molar-refractivity contribution in [3.63, 3.8) is 0 Å². The highest BCUT2D eigenvalue weighted by atomic mass is 19.1. The number of halogens is 2. The number of piperidine rings is 1. The highest BCUT2D eigenvalue weighted by Gasteiger charge is 2.25. The van der Waals surface area contributed by atoms with E-state index in [0.29, 0.717) is 6.54 Å². The first kappa shape index (κ1) is 16.8. The average molecular weight is 312 g/mol. The first-order chi connectivity index (χ1) is 10.5.